The number of benzene rings is 3. The van der Waals surface area contributed by atoms with Gasteiger partial charge in [0, 0.05) is 34.6 Å². The smallest absolute Gasteiger partial charge is 0.405 e. The van der Waals surface area contributed by atoms with Crippen LogP contribution in [0, 0.1) is 17.1 Å². The van der Waals surface area contributed by atoms with Gasteiger partial charge in [0.15, 0.2) is 11.6 Å². The lowest BCUT2D eigenvalue weighted by Crippen LogP contribution is -2.50. The molecule has 0 aliphatic carbocycles. The molecule has 0 atom stereocenters. The molecule has 0 radical (unpaired) electrons. The number of carbonyl (C=O) groups excluding carboxylic acids is 2. The molecule has 0 N–H and O–H groups in total. The number of ketones is 1. The molecule has 44 heavy (non-hydrogen) atoms. The number of halogens is 12. The van der Waals surface area contributed by atoms with Crippen LogP contribution < -0.4 is 9.64 Å². The highest BCUT2D eigenvalue weighted by Gasteiger charge is 2.73. The number of hydrogen-bond acceptors (Lipinski definition) is 4. The Bertz CT molecular complexity index is 1610. The van der Waals surface area contributed by atoms with Gasteiger partial charge in [-0.1, -0.05) is 22.0 Å². The third-order valence-electron chi connectivity index (χ3n) is 6.10. The summed E-state index contributed by atoms with van der Waals surface area (Å²) in [5, 5.41) is 8.88. The average molecular weight is 703 g/mol. The van der Waals surface area contributed by atoms with E-state index in [2.05, 4.69) is 20.7 Å². The standard InChI is InChI=1S/C27H14BrF11N2O3/c1-41(23(43)14-7-5-13(12-40)6-8-14)19-4-2-3-16(22(19)29)20(42)11-17-18(28)9-15(10-21(17)44-27(37,38)39)24(30,25(31,32)33)26(34,35)36/h2-10H,11H2,1H3. The molecule has 0 unspecified atom stereocenters. The summed E-state index contributed by atoms with van der Waals surface area (Å²) < 4.78 is 151. The molecule has 5 nitrogen and oxygen atoms in total. The van der Waals surface area contributed by atoms with Crippen LogP contribution in [-0.4, -0.2) is 37.5 Å². The lowest BCUT2D eigenvalue weighted by molar-refractivity contribution is -0.348. The van der Waals surface area contributed by atoms with Crippen LogP contribution >= 0.6 is 15.9 Å². The van der Waals surface area contributed by atoms with Crippen LogP contribution in [0.25, 0.3) is 0 Å². The first-order valence-electron chi connectivity index (χ1n) is 11.6. The van der Waals surface area contributed by atoms with Gasteiger partial charge in [-0.25, -0.2) is 8.78 Å². The first kappa shape index (κ1) is 34.3. The molecule has 3 aromatic rings. The van der Waals surface area contributed by atoms with Gasteiger partial charge in [0.2, 0.25) is 0 Å². The fourth-order valence-corrected chi connectivity index (χ4v) is 4.51. The number of Topliss-reactive ketones (excluding diaryl/α,β-unsaturated/α-hetero) is 1. The van der Waals surface area contributed by atoms with E-state index in [0.717, 1.165) is 30.1 Å². The third-order valence-corrected chi connectivity index (χ3v) is 6.81. The Labute approximate surface area is 248 Å². The van der Waals surface area contributed by atoms with Crippen molar-refractivity contribution in [1.82, 2.24) is 0 Å². The molecule has 1 amide bonds. The molecule has 0 aliphatic heterocycles. The van der Waals surface area contributed by atoms with E-state index in [1.54, 1.807) is 0 Å². The number of nitriles is 1. The van der Waals surface area contributed by atoms with E-state index in [9.17, 15) is 53.5 Å². The van der Waals surface area contributed by atoms with Crippen molar-refractivity contribution in [2.75, 3.05) is 11.9 Å². The van der Waals surface area contributed by atoms with E-state index >= 15 is 4.39 Å². The van der Waals surface area contributed by atoms with Crippen molar-refractivity contribution < 1.29 is 62.6 Å². The summed E-state index contributed by atoms with van der Waals surface area (Å²) in [6, 6.07) is 9.34. The van der Waals surface area contributed by atoms with E-state index in [0.29, 0.717) is 0 Å². The van der Waals surface area contributed by atoms with Gasteiger partial charge < -0.3 is 9.64 Å². The summed E-state index contributed by atoms with van der Waals surface area (Å²) in [6.45, 7) is 0. The summed E-state index contributed by atoms with van der Waals surface area (Å²) in [5.74, 6) is -5.30. The molecule has 0 bridgehead atoms. The number of alkyl halides is 10. The fraction of sp³-hybridized carbons (Fsp3) is 0.222. The van der Waals surface area contributed by atoms with Gasteiger partial charge in [-0.05, 0) is 48.5 Å². The predicted octanol–water partition coefficient (Wildman–Crippen LogP) is 8.35. The van der Waals surface area contributed by atoms with Crippen LogP contribution in [0.1, 0.15) is 37.4 Å². The van der Waals surface area contributed by atoms with Crippen molar-refractivity contribution in [3.05, 3.63) is 92.7 Å². The summed E-state index contributed by atoms with van der Waals surface area (Å²) >= 11 is 2.48. The minimum Gasteiger partial charge on any atom is -0.405 e. The molecule has 17 heteroatoms. The zero-order chi connectivity index (χ0) is 33.4. The van der Waals surface area contributed by atoms with Gasteiger partial charge in [-0.15, -0.1) is 13.2 Å². The lowest BCUT2D eigenvalue weighted by Gasteiger charge is -2.31. The zero-order valence-corrected chi connectivity index (χ0v) is 23.1. The Hall–Kier alpha value is -4.20. The maximum absolute atomic E-state index is 15.4. The molecule has 234 valence electrons. The molecule has 0 spiro atoms. The van der Waals surface area contributed by atoms with Crippen LogP contribution in [0.5, 0.6) is 5.75 Å². The average Bonchev–Trinajstić information content (AvgIpc) is 2.91. The molecule has 3 aromatic carbocycles. The summed E-state index contributed by atoms with van der Waals surface area (Å²) in [6.07, 6.45) is -20.4. The van der Waals surface area contributed by atoms with Crippen LogP contribution in [0.2, 0.25) is 0 Å². The van der Waals surface area contributed by atoms with Gasteiger partial charge in [-0.3, -0.25) is 9.59 Å². The Morgan fingerprint density at radius 1 is 0.909 bits per heavy atom. The number of carbonyl (C=O) groups is 2. The van der Waals surface area contributed by atoms with Gasteiger partial charge in [0.05, 0.1) is 22.9 Å². The minimum absolute atomic E-state index is 0.00208. The minimum atomic E-state index is -6.68. The number of ether oxygens (including phenoxy) is 1. The highest BCUT2D eigenvalue weighted by molar-refractivity contribution is 9.10. The second kappa shape index (κ2) is 12.1. The number of anilines is 1. The van der Waals surface area contributed by atoms with E-state index in [1.165, 1.54) is 24.3 Å². The third kappa shape index (κ3) is 6.79. The molecule has 0 aromatic heterocycles. The maximum atomic E-state index is 15.4. The number of rotatable bonds is 7. The quantitative estimate of drug-likeness (QED) is 0.183. The highest BCUT2D eigenvalue weighted by Crippen LogP contribution is 2.54. The molecule has 0 aliphatic rings. The second-order valence-corrected chi connectivity index (χ2v) is 9.78. The van der Waals surface area contributed by atoms with E-state index in [-0.39, 0.29) is 17.2 Å². The first-order valence-corrected chi connectivity index (χ1v) is 12.4. The first-order chi connectivity index (χ1) is 20.1. The molecule has 0 saturated carbocycles. The highest BCUT2D eigenvalue weighted by atomic mass is 79.9. The van der Waals surface area contributed by atoms with Crippen molar-refractivity contribution in [3.63, 3.8) is 0 Å². The van der Waals surface area contributed by atoms with Crippen LogP contribution in [0.3, 0.4) is 0 Å². The molecular weight excluding hydrogens is 689 g/mol. The van der Waals surface area contributed by atoms with Gasteiger partial charge in [-0.2, -0.15) is 31.6 Å². The fourth-order valence-electron chi connectivity index (χ4n) is 3.93. The van der Waals surface area contributed by atoms with E-state index in [1.807, 2.05) is 6.07 Å². The van der Waals surface area contributed by atoms with Crippen molar-refractivity contribution >= 4 is 33.3 Å². The monoisotopic (exact) mass is 702 g/mol. The normalized spacial score (nSPS) is 12.5. The van der Waals surface area contributed by atoms with E-state index in [4.69, 9.17) is 5.26 Å². The number of nitrogens with zero attached hydrogens (tertiary/aromatic N) is 2. The predicted molar refractivity (Wildman–Crippen MR) is 134 cm³/mol. The molecule has 0 fully saturated rings. The lowest BCUT2D eigenvalue weighted by atomic mass is 9.91. The Morgan fingerprint density at radius 2 is 1.48 bits per heavy atom. The zero-order valence-electron chi connectivity index (χ0n) is 21.6. The van der Waals surface area contributed by atoms with Crippen molar-refractivity contribution in [2.45, 2.75) is 30.8 Å². The van der Waals surface area contributed by atoms with Gasteiger partial charge >= 0.3 is 24.4 Å². The Balaban J connectivity index is 2.06. The summed E-state index contributed by atoms with van der Waals surface area (Å²) in [5.41, 5.74) is -10.6. The topological polar surface area (TPSA) is 70.4 Å². The van der Waals surface area contributed by atoms with Crippen molar-refractivity contribution in [1.29, 1.82) is 5.26 Å². The van der Waals surface area contributed by atoms with Crippen molar-refractivity contribution in [2.24, 2.45) is 0 Å². The van der Waals surface area contributed by atoms with Crippen LogP contribution in [0.4, 0.5) is 54.0 Å². The summed E-state index contributed by atoms with van der Waals surface area (Å²) in [7, 11) is 1.11. The Morgan fingerprint density at radius 3 is 1.98 bits per heavy atom. The largest absolute Gasteiger partial charge is 0.573 e. The molecule has 3 rings (SSSR count). The number of hydrogen-bond donors (Lipinski definition) is 0. The molecular formula is C27H14BrF11N2O3. The second-order valence-electron chi connectivity index (χ2n) is 8.93. The van der Waals surface area contributed by atoms with Crippen LogP contribution in [0.15, 0.2) is 59.1 Å². The number of amides is 1. The van der Waals surface area contributed by atoms with Crippen LogP contribution in [-0.2, 0) is 12.1 Å². The Kier molecular flexibility index (Phi) is 9.40. The molecule has 0 saturated heterocycles. The SMILES string of the molecule is CN(C(=O)c1ccc(C#N)cc1)c1cccc(C(=O)Cc2c(Br)cc(C(F)(C(F)(F)F)C(F)(F)F)cc2OC(F)(F)F)c1F. The summed E-state index contributed by atoms with van der Waals surface area (Å²) in [4.78, 5) is 26.6. The molecule has 0 heterocycles. The maximum Gasteiger partial charge on any atom is 0.573 e. The van der Waals surface area contributed by atoms with Gasteiger partial charge in [0.25, 0.3) is 5.91 Å². The van der Waals surface area contributed by atoms with Crippen molar-refractivity contribution in [3.8, 4) is 11.8 Å². The van der Waals surface area contributed by atoms with E-state index < -0.39 is 87.0 Å². The van der Waals surface area contributed by atoms with Gasteiger partial charge in [0.1, 0.15) is 5.75 Å².